The number of nitrogens with one attached hydrogen (secondary N) is 1. The molecule has 1 aliphatic heterocycles. The molecular weight excluding hydrogens is 250 g/mol. The first-order valence-corrected chi connectivity index (χ1v) is 7.31. The third-order valence-corrected chi connectivity index (χ3v) is 4.23. The van der Waals surface area contributed by atoms with Gasteiger partial charge in [-0.2, -0.15) is 0 Å². The highest BCUT2D eigenvalue weighted by molar-refractivity contribution is 5.43. The molecule has 20 heavy (non-hydrogen) atoms. The van der Waals surface area contributed by atoms with Crippen molar-refractivity contribution in [1.82, 2.24) is 20.1 Å². The molecule has 5 nitrogen and oxygen atoms in total. The lowest BCUT2D eigenvalue weighted by atomic mass is 9.97. The third-order valence-electron chi connectivity index (χ3n) is 4.23. The molecule has 2 unspecified atom stereocenters. The molecule has 112 valence electrons. The van der Waals surface area contributed by atoms with Crippen LogP contribution in [0, 0.1) is 6.92 Å². The quantitative estimate of drug-likeness (QED) is 0.858. The molecule has 2 atom stereocenters. The van der Waals surface area contributed by atoms with Gasteiger partial charge >= 0.3 is 0 Å². The van der Waals surface area contributed by atoms with Crippen LogP contribution in [0.25, 0.3) is 0 Å². The molecule has 0 aromatic carbocycles. The summed E-state index contributed by atoms with van der Waals surface area (Å²) < 4.78 is 0. The zero-order chi connectivity index (χ0) is 14.7. The molecule has 5 heteroatoms. The van der Waals surface area contributed by atoms with Crippen molar-refractivity contribution in [3.8, 4) is 0 Å². The van der Waals surface area contributed by atoms with Crippen molar-refractivity contribution >= 4 is 5.82 Å². The van der Waals surface area contributed by atoms with E-state index < -0.39 is 0 Å². The molecule has 3 N–H and O–H groups in total. The average molecular weight is 277 g/mol. The van der Waals surface area contributed by atoms with Crippen molar-refractivity contribution in [3.05, 3.63) is 23.4 Å². The summed E-state index contributed by atoms with van der Waals surface area (Å²) in [6, 6.07) is 2.76. The summed E-state index contributed by atoms with van der Waals surface area (Å²) in [4.78, 5) is 9.15. The van der Waals surface area contributed by atoms with Gasteiger partial charge in [-0.1, -0.05) is 0 Å². The number of anilines is 1. The van der Waals surface area contributed by atoms with E-state index in [1.165, 1.54) is 6.42 Å². The van der Waals surface area contributed by atoms with E-state index in [0.717, 1.165) is 30.8 Å². The summed E-state index contributed by atoms with van der Waals surface area (Å²) in [5.74, 6) is 0.634. The van der Waals surface area contributed by atoms with Crippen LogP contribution < -0.4 is 11.1 Å². The molecule has 0 spiro atoms. The zero-order valence-corrected chi connectivity index (χ0v) is 13.1. The van der Waals surface area contributed by atoms with Gasteiger partial charge < -0.3 is 20.9 Å². The number of nitrogens with two attached hydrogens (primary N) is 1. The second-order valence-electron chi connectivity index (χ2n) is 5.92. The maximum absolute atomic E-state index is 6.11. The van der Waals surface area contributed by atoms with Crippen LogP contribution in [0.1, 0.15) is 23.6 Å². The summed E-state index contributed by atoms with van der Waals surface area (Å²) in [5.41, 5.74) is 8.37. The smallest absolute Gasteiger partial charge is 0.128 e. The van der Waals surface area contributed by atoms with Gasteiger partial charge in [-0.15, -0.1) is 0 Å². The number of aromatic nitrogens is 1. The Kier molecular flexibility index (Phi) is 4.96. The van der Waals surface area contributed by atoms with Crippen LogP contribution in [0.4, 0.5) is 5.82 Å². The Labute approximate surface area is 122 Å². The zero-order valence-electron chi connectivity index (χ0n) is 13.1. The molecule has 2 rings (SSSR count). The molecule has 1 saturated heterocycles. The SMILES string of the molecule is CNC(c1cc(C)cnc1N)C1CN(C)CCCN1C. The Morgan fingerprint density at radius 1 is 1.40 bits per heavy atom. The lowest BCUT2D eigenvalue weighted by molar-refractivity contribution is 0.183. The summed E-state index contributed by atoms with van der Waals surface area (Å²) in [7, 11) is 6.40. The number of nitrogen functional groups attached to an aromatic ring is 1. The minimum atomic E-state index is 0.202. The van der Waals surface area contributed by atoms with Crippen LogP contribution in [0.2, 0.25) is 0 Å². The molecular formula is C15H27N5. The monoisotopic (exact) mass is 277 g/mol. The van der Waals surface area contributed by atoms with Crippen molar-refractivity contribution in [3.63, 3.8) is 0 Å². The van der Waals surface area contributed by atoms with Crippen LogP contribution in [-0.2, 0) is 0 Å². The first-order chi connectivity index (χ1) is 9.52. The minimum Gasteiger partial charge on any atom is -0.383 e. The van der Waals surface area contributed by atoms with Crippen molar-refractivity contribution in [2.24, 2.45) is 0 Å². The highest BCUT2D eigenvalue weighted by Crippen LogP contribution is 2.26. The van der Waals surface area contributed by atoms with E-state index in [9.17, 15) is 0 Å². The van der Waals surface area contributed by atoms with Gasteiger partial charge in [0.25, 0.3) is 0 Å². The summed E-state index contributed by atoms with van der Waals surface area (Å²) in [6.45, 7) is 5.37. The number of pyridine rings is 1. The number of hydrogen-bond acceptors (Lipinski definition) is 5. The van der Waals surface area contributed by atoms with Gasteiger partial charge in [0.1, 0.15) is 5.82 Å². The maximum Gasteiger partial charge on any atom is 0.128 e. The van der Waals surface area contributed by atoms with E-state index in [-0.39, 0.29) is 6.04 Å². The summed E-state index contributed by atoms with van der Waals surface area (Å²) in [6.07, 6.45) is 3.04. The molecule has 0 bridgehead atoms. The van der Waals surface area contributed by atoms with Gasteiger partial charge in [0.05, 0.1) is 6.04 Å². The predicted molar refractivity (Wildman–Crippen MR) is 83.7 cm³/mol. The van der Waals surface area contributed by atoms with E-state index in [1.54, 1.807) is 0 Å². The minimum absolute atomic E-state index is 0.202. The Morgan fingerprint density at radius 2 is 2.15 bits per heavy atom. The predicted octanol–water partition coefficient (Wildman–Crippen LogP) is 0.869. The van der Waals surface area contributed by atoms with E-state index in [1.807, 2.05) is 13.2 Å². The first kappa shape index (κ1) is 15.2. The Bertz CT molecular complexity index is 448. The van der Waals surface area contributed by atoms with Gasteiger partial charge in [-0.05, 0) is 59.2 Å². The number of hydrogen-bond donors (Lipinski definition) is 2. The van der Waals surface area contributed by atoms with Gasteiger partial charge in [0.15, 0.2) is 0 Å². The fourth-order valence-corrected chi connectivity index (χ4v) is 3.07. The molecule has 0 aliphatic carbocycles. The number of likely N-dealkylation sites (N-methyl/N-ethyl adjacent to an activating group) is 3. The summed E-state index contributed by atoms with van der Waals surface area (Å²) >= 11 is 0. The normalized spacial score (nSPS) is 23.5. The standard InChI is InChI=1S/C15H27N5/c1-11-8-12(15(16)18-9-11)14(17-2)13-10-19(3)6-5-7-20(13)4/h8-9,13-14,17H,5-7,10H2,1-4H3,(H2,16,18). The van der Waals surface area contributed by atoms with Gasteiger partial charge in [0, 0.05) is 24.3 Å². The van der Waals surface area contributed by atoms with Gasteiger partial charge in [-0.25, -0.2) is 4.98 Å². The van der Waals surface area contributed by atoms with Crippen molar-refractivity contribution < 1.29 is 0 Å². The lowest BCUT2D eigenvalue weighted by Crippen LogP contribution is -2.46. The van der Waals surface area contributed by atoms with Gasteiger partial charge in [-0.3, -0.25) is 0 Å². The highest BCUT2D eigenvalue weighted by Gasteiger charge is 2.30. The average Bonchev–Trinajstić information content (AvgIpc) is 2.57. The van der Waals surface area contributed by atoms with Crippen molar-refractivity contribution in [1.29, 1.82) is 0 Å². The van der Waals surface area contributed by atoms with Crippen molar-refractivity contribution in [2.45, 2.75) is 25.4 Å². The fourth-order valence-electron chi connectivity index (χ4n) is 3.07. The van der Waals surface area contributed by atoms with Crippen LogP contribution in [0.15, 0.2) is 12.3 Å². The lowest BCUT2D eigenvalue weighted by Gasteiger charge is -2.35. The number of rotatable bonds is 3. The third kappa shape index (κ3) is 3.29. The van der Waals surface area contributed by atoms with Crippen LogP contribution in [-0.4, -0.2) is 61.6 Å². The molecule has 0 amide bonds. The van der Waals surface area contributed by atoms with E-state index in [2.05, 4.69) is 47.2 Å². The Balaban J connectivity index is 2.32. The molecule has 1 fully saturated rings. The largest absolute Gasteiger partial charge is 0.383 e. The van der Waals surface area contributed by atoms with Crippen LogP contribution >= 0.6 is 0 Å². The molecule has 1 aliphatic rings. The highest BCUT2D eigenvalue weighted by atomic mass is 15.2. The molecule has 1 aromatic rings. The maximum atomic E-state index is 6.11. The second kappa shape index (κ2) is 6.52. The molecule has 2 heterocycles. The topological polar surface area (TPSA) is 57.4 Å². The molecule has 0 radical (unpaired) electrons. The Morgan fingerprint density at radius 3 is 2.85 bits per heavy atom. The number of nitrogens with zero attached hydrogens (tertiary/aromatic N) is 3. The van der Waals surface area contributed by atoms with Crippen LogP contribution in [0.3, 0.4) is 0 Å². The molecule has 1 aromatic heterocycles. The van der Waals surface area contributed by atoms with Crippen molar-refractivity contribution in [2.75, 3.05) is 46.5 Å². The van der Waals surface area contributed by atoms with Crippen LogP contribution in [0.5, 0.6) is 0 Å². The number of aryl methyl sites for hydroxylation is 1. The van der Waals surface area contributed by atoms with E-state index >= 15 is 0 Å². The Hall–Kier alpha value is -1.17. The second-order valence-corrected chi connectivity index (χ2v) is 5.92. The van der Waals surface area contributed by atoms with E-state index in [0.29, 0.717) is 11.9 Å². The van der Waals surface area contributed by atoms with E-state index in [4.69, 9.17) is 5.73 Å². The fraction of sp³-hybridized carbons (Fsp3) is 0.667. The first-order valence-electron chi connectivity index (χ1n) is 7.31. The van der Waals surface area contributed by atoms with Gasteiger partial charge in [0.2, 0.25) is 0 Å². The summed E-state index contributed by atoms with van der Waals surface area (Å²) in [5, 5.41) is 3.45. The molecule has 0 saturated carbocycles.